The van der Waals surface area contributed by atoms with Crippen molar-refractivity contribution >= 4 is 0 Å². The largest absolute Gasteiger partial charge is 0.394 e. The van der Waals surface area contributed by atoms with E-state index in [1.165, 1.54) is 6.92 Å². The zero-order chi connectivity index (χ0) is 53.5. The zero-order valence-electron chi connectivity index (χ0n) is 43.3. The molecule has 428 valence electrons. The number of aliphatic hydroxyl groups excluding tert-OH is 13. The van der Waals surface area contributed by atoms with Crippen LogP contribution in [0.15, 0.2) is 0 Å². The van der Waals surface area contributed by atoms with Crippen LogP contribution in [0.25, 0.3) is 0 Å². The van der Waals surface area contributed by atoms with Gasteiger partial charge in [0.2, 0.25) is 0 Å². The Kier molecular flexibility index (Phi) is 17.6. The predicted octanol–water partition coefficient (Wildman–Crippen LogP) is -2.52. The molecule has 4 aliphatic carbocycles. The quantitative estimate of drug-likeness (QED) is 0.0753. The molecule has 13 N–H and O–H groups in total. The summed E-state index contributed by atoms with van der Waals surface area (Å²) in [6.45, 7) is 8.45. The fourth-order valence-corrected chi connectivity index (χ4v) is 15.8. The third kappa shape index (κ3) is 10.1. The molecule has 0 amide bonds. The van der Waals surface area contributed by atoms with E-state index >= 15 is 0 Å². The minimum absolute atomic E-state index is 0.0181. The lowest BCUT2D eigenvalue weighted by Crippen LogP contribution is -2.66. The van der Waals surface area contributed by atoms with Crippen LogP contribution in [0.5, 0.6) is 0 Å². The van der Waals surface area contributed by atoms with Gasteiger partial charge in [-0.15, -0.1) is 0 Å². The molecule has 23 heteroatoms. The van der Waals surface area contributed by atoms with Crippen molar-refractivity contribution in [3.63, 3.8) is 0 Å². The molecule has 74 heavy (non-hydrogen) atoms. The summed E-state index contributed by atoms with van der Waals surface area (Å²) in [5.74, 6) is 1.32. The van der Waals surface area contributed by atoms with E-state index in [4.69, 9.17) is 47.4 Å². The van der Waals surface area contributed by atoms with Crippen molar-refractivity contribution in [2.45, 2.75) is 246 Å². The van der Waals surface area contributed by atoms with Crippen LogP contribution in [-0.2, 0) is 47.4 Å². The first-order valence-corrected chi connectivity index (χ1v) is 27.2. The van der Waals surface area contributed by atoms with E-state index in [9.17, 15) is 66.4 Å². The number of hydrogen-bond acceptors (Lipinski definition) is 23. The Morgan fingerprint density at radius 3 is 1.77 bits per heavy atom. The van der Waals surface area contributed by atoms with Gasteiger partial charge in [0.05, 0.1) is 44.2 Å². The van der Waals surface area contributed by atoms with Crippen LogP contribution >= 0.6 is 0 Å². The third-order valence-corrected chi connectivity index (χ3v) is 20.1. The second-order valence-electron chi connectivity index (χ2n) is 23.9. The monoisotopic (exact) mass is 1070 g/mol. The molecule has 0 aromatic rings. The Morgan fingerprint density at radius 1 is 0.554 bits per heavy atom. The van der Waals surface area contributed by atoms with Crippen LogP contribution in [-0.4, -0.2) is 240 Å². The van der Waals surface area contributed by atoms with Gasteiger partial charge in [0.15, 0.2) is 30.9 Å². The Morgan fingerprint density at radius 2 is 1.12 bits per heavy atom. The number of hydrogen-bond donors (Lipinski definition) is 13. The lowest BCUT2D eigenvalue weighted by Gasteiger charge is -2.61. The standard InChI is InChI=1S/C51H86O23/c1-20(66-45-40(62)36(58)34(56)29(17-52)69-45)9-14-51(65-6)21(2)32-28(74-51)16-27-25-8-7-23-15-24(10-12-49(23,4)26(25)11-13-50(27,32)5)68-46-42(64)39(61)43(31(19-54)71-46)72-48-44(38(60)33(55)22(3)67-48)73-47-41(63)37(59)35(57)30(18-53)70-47/h20-48,52-64H,7-19H2,1-6H3/t20?,21-,22+,23?,24?,25?,26?,27?,28?,29+,30+,31+,32?,33+,34+,35+,36-,37+,38+,39-,40+,41+,42+,43+,44+,45+,46+,47-,48-,49?,50?,51?/m0/s1. The van der Waals surface area contributed by atoms with Crippen molar-refractivity contribution in [1.82, 2.24) is 0 Å². The molecule has 11 unspecified atom stereocenters. The Labute approximate surface area is 431 Å². The maximum absolute atomic E-state index is 11.6. The summed E-state index contributed by atoms with van der Waals surface area (Å²) in [4.78, 5) is 0. The average molecular weight is 1070 g/mol. The summed E-state index contributed by atoms with van der Waals surface area (Å²) in [6.07, 6.45) is -22.5. The van der Waals surface area contributed by atoms with Crippen molar-refractivity contribution in [3.8, 4) is 0 Å². The van der Waals surface area contributed by atoms with E-state index < -0.39 is 155 Å². The van der Waals surface area contributed by atoms with Crippen LogP contribution in [0.2, 0.25) is 0 Å². The van der Waals surface area contributed by atoms with Gasteiger partial charge in [-0.2, -0.15) is 0 Å². The van der Waals surface area contributed by atoms with Crippen molar-refractivity contribution in [2.75, 3.05) is 26.9 Å². The highest BCUT2D eigenvalue weighted by Gasteiger charge is 2.69. The summed E-state index contributed by atoms with van der Waals surface area (Å²) in [7, 11) is 1.69. The zero-order valence-corrected chi connectivity index (χ0v) is 43.3. The van der Waals surface area contributed by atoms with Gasteiger partial charge >= 0.3 is 0 Å². The molecule has 0 aromatic carbocycles. The van der Waals surface area contributed by atoms with Gasteiger partial charge in [-0.1, -0.05) is 20.8 Å². The molecule has 23 nitrogen and oxygen atoms in total. The van der Waals surface area contributed by atoms with Gasteiger partial charge in [-0.3, -0.25) is 0 Å². The van der Waals surface area contributed by atoms with Gasteiger partial charge in [0.25, 0.3) is 0 Å². The number of rotatable bonds is 15. The molecule has 5 aliphatic heterocycles. The molecule has 0 bridgehead atoms. The summed E-state index contributed by atoms with van der Waals surface area (Å²) in [5, 5.41) is 137. The Balaban J connectivity index is 0.796. The predicted molar refractivity (Wildman–Crippen MR) is 250 cm³/mol. The van der Waals surface area contributed by atoms with Gasteiger partial charge in [-0.25, -0.2) is 0 Å². The first kappa shape index (κ1) is 57.8. The topological polar surface area (TPSA) is 355 Å². The highest BCUT2D eigenvalue weighted by molar-refractivity contribution is 5.15. The number of ether oxygens (including phenoxy) is 10. The summed E-state index contributed by atoms with van der Waals surface area (Å²) in [6, 6.07) is 0. The summed E-state index contributed by atoms with van der Waals surface area (Å²) in [5.41, 5.74) is 0.0809. The maximum atomic E-state index is 11.6. The molecule has 9 rings (SSSR count). The Hall–Kier alpha value is -0.920. The van der Waals surface area contributed by atoms with E-state index in [0.29, 0.717) is 42.9 Å². The third-order valence-electron chi connectivity index (χ3n) is 20.1. The number of aliphatic hydroxyl groups is 13. The summed E-state index contributed by atoms with van der Waals surface area (Å²) >= 11 is 0. The minimum Gasteiger partial charge on any atom is -0.394 e. The van der Waals surface area contributed by atoms with Gasteiger partial charge in [0, 0.05) is 19.4 Å². The average Bonchev–Trinajstić information content (AvgIpc) is 3.85. The van der Waals surface area contributed by atoms with Crippen molar-refractivity contribution in [3.05, 3.63) is 0 Å². The molecule has 5 heterocycles. The highest BCUT2D eigenvalue weighted by Crippen LogP contribution is 2.71. The van der Waals surface area contributed by atoms with E-state index in [-0.39, 0.29) is 34.9 Å². The summed E-state index contributed by atoms with van der Waals surface area (Å²) < 4.78 is 60.7. The number of fused-ring (bicyclic) bond motifs is 7. The molecule has 32 atom stereocenters. The first-order valence-electron chi connectivity index (χ1n) is 27.2. The van der Waals surface area contributed by atoms with Gasteiger partial charge in [-0.05, 0) is 112 Å². The fraction of sp³-hybridized carbons (Fsp3) is 1.00. The van der Waals surface area contributed by atoms with Crippen molar-refractivity contribution in [2.24, 2.45) is 46.3 Å². The Bertz CT molecular complexity index is 1850. The minimum atomic E-state index is -1.86. The molecule has 9 aliphatic rings. The van der Waals surface area contributed by atoms with E-state index in [1.807, 2.05) is 6.92 Å². The van der Waals surface area contributed by atoms with E-state index in [1.54, 1.807) is 7.11 Å². The molecule has 0 radical (unpaired) electrons. The molecular weight excluding hydrogens is 981 g/mol. The van der Waals surface area contributed by atoms with Crippen LogP contribution < -0.4 is 0 Å². The lowest BCUT2D eigenvalue weighted by atomic mass is 9.44. The molecule has 9 fully saturated rings. The molecular formula is C51H86O23. The first-order chi connectivity index (χ1) is 35.1. The van der Waals surface area contributed by atoms with Gasteiger partial charge < -0.3 is 114 Å². The molecule has 5 saturated heterocycles. The van der Waals surface area contributed by atoms with E-state index in [2.05, 4.69) is 20.8 Å². The van der Waals surface area contributed by atoms with Crippen LogP contribution in [0.1, 0.15) is 98.8 Å². The fourth-order valence-electron chi connectivity index (χ4n) is 15.8. The second-order valence-corrected chi connectivity index (χ2v) is 23.9. The lowest BCUT2D eigenvalue weighted by molar-refractivity contribution is -0.388. The van der Waals surface area contributed by atoms with Gasteiger partial charge in [0.1, 0.15) is 91.6 Å². The van der Waals surface area contributed by atoms with Crippen LogP contribution in [0, 0.1) is 46.3 Å². The normalized spacial score (nSPS) is 56.0. The number of methoxy groups -OCH3 is 1. The second kappa shape index (κ2) is 22.6. The maximum Gasteiger partial charge on any atom is 0.187 e. The molecule has 0 aromatic heterocycles. The smallest absolute Gasteiger partial charge is 0.187 e. The van der Waals surface area contributed by atoms with Crippen LogP contribution in [0.3, 0.4) is 0 Å². The molecule has 4 saturated carbocycles. The molecule has 0 spiro atoms. The van der Waals surface area contributed by atoms with Crippen molar-refractivity contribution < 1.29 is 114 Å². The van der Waals surface area contributed by atoms with Crippen LogP contribution in [0.4, 0.5) is 0 Å². The highest BCUT2D eigenvalue weighted by atomic mass is 16.8. The van der Waals surface area contributed by atoms with Crippen molar-refractivity contribution in [1.29, 1.82) is 0 Å². The SMILES string of the molecule is COC1(CCC(C)O[C@@H]2O[C@H](CO)[C@@H](O)[C@H](O)[C@H]2O)OC2CC3C4CCC5CC(O[C@@H]6O[C@H](CO)[C@@H](O[C@@H]7O[C@H](C)[C@@H](O)[C@@H](O)[C@H]7O[C@@H]7O[C@H](CO)[C@@H](O)[C@@H](O)[C@H]7O)[C@@H](O)[C@H]6O)CCC5(C)C4CCC3(C)C2[C@@H]1C. The van der Waals surface area contributed by atoms with E-state index in [0.717, 1.165) is 44.9 Å².